The fourth-order valence-electron chi connectivity index (χ4n) is 2.26. The number of anilines is 1. The molecule has 0 unspecified atom stereocenters. The van der Waals surface area contributed by atoms with E-state index in [0.29, 0.717) is 21.9 Å². The maximum absolute atomic E-state index is 11.8. The Kier molecular flexibility index (Phi) is 5.32. The molecule has 0 saturated carbocycles. The highest BCUT2D eigenvalue weighted by Gasteiger charge is 2.19. The number of ether oxygens (including phenoxy) is 1. The molecule has 0 aliphatic carbocycles. The van der Waals surface area contributed by atoms with E-state index in [1.807, 2.05) is 25.1 Å². The summed E-state index contributed by atoms with van der Waals surface area (Å²) in [5, 5.41) is 20.9. The van der Waals surface area contributed by atoms with Crippen LogP contribution in [0.5, 0.6) is 0 Å². The molecule has 0 fully saturated rings. The van der Waals surface area contributed by atoms with E-state index in [0.717, 1.165) is 5.56 Å². The van der Waals surface area contributed by atoms with Crippen molar-refractivity contribution in [2.75, 3.05) is 17.7 Å². The van der Waals surface area contributed by atoms with E-state index in [-0.39, 0.29) is 17.8 Å². The van der Waals surface area contributed by atoms with E-state index in [4.69, 9.17) is 4.74 Å². The van der Waals surface area contributed by atoms with Crippen LogP contribution < -0.4 is 5.32 Å². The number of nitrogens with zero attached hydrogens (tertiary/aromatic N) is 3. The van der Waals surface area contributed by atoms with Gasteiger partial charge in [0.05, 0.1) is 4.92 Å². The summed E-state index contributed by atoms with van der Waals surface area (Å²) in [5.41, 5.74) is 1.93. The molecular weight excluding hydrogens is 360 g/mol. The first kappa shape index (κ1) is 17.7. The van der Waals surface area contributed by atoms with Crippen LogP contribution in [0.1, 0.15) is 5.56 Å². The summed E-state index contributed by atoms with van der Waals surface area (Å²) in [6.45, 7) is 2.09. The SMILES string of the molecule is Cc1cccc(NC(=O)OCCSc2ccc([N+](=O)[O-])c3nonc23)c1. The maximum Gasteiger partial charge on any atom is 0.411 e. The molecule has 9 nitrogen and oxygen atoms in total. The van der Waals surface area contributed by atoms with Crippen molar-refractivity contribution in [2.45, 2.75) is 11.8 Å². The van der Waals surface area contributed by atoms with Crippen LogP contribution in [0.2, 0.25) is 0 Å². The van der Waals surface area contributed by atoms with Gasteiger partial charge < -0.3 is 4.74 Å². The quantitative estimate of drug-likeness (QED) is 0.299. The van der Waals surface area contributed by atoms with Gasteiger partial charge in [-0.15, -0.1) is 11.8 Å². The second-order valence-corrected chi connectivity index (χ2v) is 6.42. The molecule has 3 rings (SSSR count). The number of nitro groups is 1. The minimum atomic E-state index is -0.548. The van der Waals surface area contributed by atoms with E-state index in [2.05, 4.69) is 20.3 Å². The van der Waals surface area contributed by atoms with Crippen molar-refractivity contribution in [3.05, 3.63) is 52.1 Å². The first-order chi connectivity index (χ1) is 12.5. The first-order valence-corrected chi connectivity index (χ1v) is 8.56. The standard InChI is InChI=1S/C16H14N4O5S/c1-10-3-2-4-11(9-10)17-16(21)24-7-8-26-13-6-5-12(20(22)23)14-15(13)19-25-18-14/h2-6,9H,7-8H2,1H3,(H,17,21). The highest BCUT2D eigenvalue weighted by Crippen LogP contribution is 2.31. The molecule has 2 aromatic carbocycles. The van der Waals surface area contributed by atoms with Gasteiger partial charge in [0.2, 0.25) is 5.52 Å². The number of carbonyl (C=O) groups is 1. The van der Waals surface area contributed by atoms with Crippen LogP contribution in [0.3, 0.4) is 0 Å². The van der Waals surface area contributed by atoms with Gasteiger partial charge in [0.15, 0.2) is 5.52 Å². The summed E-state index contributed by atoms with van der Waals surface area (Å²) in [4.78, 5) is 22.8. The number of amides is 1. The van der Waals surface area contributed by atoms with Gasteiger partial charge in [-0.25, -0.2) is 9.42 Å². The number of nitrogens with one attached hydrogen (secondary N) is 1. The van der Waals surface area contributed by atoms with Crippen molar-refractivity contribution in [1.82, 2.24) is 10.3 Å². The third kappa shape index (κ3) is 4.09. The van der Waals surface area contributed by atoms with Crippen LogP contribution in [0.4, 0.5) is 16.2 Å². The maximum atomic E-state index is 11.8. The molecule has 1 aromatic heterocycles. The Morgan fingerprint density at radius 2 is 2.12 bits per heavy atom. The lowest BCUT2D eigenvalue weighted by Gasteiger charge is -2.07. The molecule has 0 aliphatic rings. The Balaban J connectivity index is 1.53. The van der Waals surface area contributed by atoms with Crippen molar-refractivity contribution in [3.8, 4) is 0 Å². The summed E-state index contributed by atoms with van der Waals surface area (Å²) in [5.74, 6) is 0.445. The normalized spacial score (nSPS) is 10.7. The van der Waals surface area contributed by atoms with Gasteiger partial charge in [-0.1, -0.05) is 12.1 Å². The largest absolute Gasteiger partial charge is 0.448 e. The molecular formula is C16H14N4O5S. The Hall–Kier alpha value is -3.14. The number of carbonyl (C=O) groups excluding carboxylic acids is 1. The summed E-state index contributed by atoms with van der Waals surface area (Å²) >= 11 is 1.34. The molecule has 1 N–H and O–H groups in total. The van der Waals surface area contributed by atoms with E-state index >= 15 is 0 Å². The van der Waals surface area contributed by atoms with Gasteiger partial charge in [-0.3, -0.25) is 15.4 Å². The number of benzene rings is 2. The van der Waals surface area contributed by atoms with Crippen LogP contribution in [-0.4, -0.2) is 33.7 Å². The second-order valence-electron chi connectivity index (χ2n) is 5.28. The summed E-state index contributed by atoms with van der Waals surface area (Å²) in [7, 11) is 0. The van der Waals surface area contributed by atoms with Crippen molar-refractivity contribution in [3.63, 3.8) is 0 Å². The molecule has 10 heteroatoms. The van der Waals surface area contributed by atoms with Crippen LogP contribution in [0.15, 0.2) is 45.9 Å². The number of nitro benzene ring substituents is 1. The molecule has 0 radical (unpaired) electrons. The van der Waals surface area contributed by atoms with Gasteiger partial charge in [0.25, 0.3) is 0 Å². The molecule has 1 heterocycles. The lowest BCUT2D eigenvalue weighted by molar-refractivity contribution is -0.383. The Bertz CT molecular complexity index is 959. The van der Waals surface area contributed by atoms with Crippen molar-refractivity contribution in [1.29, 1.82) is 0 Å². The zero-order valence-electron chi connectivity index (χ0n) is 13.7. The second kappa shape index (κ2) is 7.83. The summed E-state index contributed by atoms with van der Waals surface area (Å²) in [6.07, 6.45) is -0.548. The van der Waals surface area contributed by atoms with E-state index in [1.54, 1.807) is 12.1 Å². The number of hydrogen-bond acceptors (Lipinski definition) is 8. The van der Waals surface area contributed by atoms with E-state index < -0.39 is 11.0 Å². The van der Waals surface area contributed by atoms with Crippen LogP contribution >= 0.6 is 11.8 Å². The summed E-state index contributed by atoms with van der Waals surface area (Å²) < 4.78 is 9.73. The topological polar surface area (TPSA) is 120 Å². The number of aromatic nitrogens is 2. The van der Waals surface area contributed by atoms with E-state index in [9.17, 15) is 14.9 Å². The van der Waals surface area contributed by atoms with Gasteiger partial charge in [0.1, 0.15) is 6.61 Å². The molecule has 0 atom stereocenters. The van der Waals surface area contributed by atoms with Gasteiger partial charge in [-0.2, -0.15) is 0 Å². The molecule has 3 aromatic rings. The van der Waals surface area contributed by atoms with Crippen LogP contribution in [-0.2, 0) is 4.74 Å². The smallest absolute Gasteiger partial charge is 0.411 e. The fraction of sp³-hybridized carbons (Fsp3) is 0.188. The highest BCUT2D eigenvalue weighted by atomic mass is 32.2. The minimum absolute atomic E-state index is 0.0955. The first-order valence-electron chi connectivity index (χ1n) is 7.57. The number of hydrogen-bond donors (Lipinski definition) is 1. The van der Waals surface area contributed by atoms with Crippen molar-refractivity contribution in [2.24, 2.45) is 0 Å². The van der Waals surface area contributed by atoms with E-state index in [1.165, 1.54) is 17.8 Å². The fourth-order valence-corrected chi connectivity index (χ4v) is 3.08. The number of rotatable bonds is 6. The van der Waals surface area contributed by atoms with Gasteiger partial charge in [0, 0.05) is 22.4 Å². The monoisotopic (exact) mass is 374 g/mol. The predicted octanol–water partition coefficient (Wildman–Crippen LogP) is 3.78. The number of aryl methyl sites for hydroxylation is 1. The highest BCUT2D eigenvalue weighted by molar-refractivity contribution is 7.99. The van der Waals surface area contributed by atoms with Gasteiger partial charge >= 0.3 is 11.8 Å². The number of fused-ring (bicyclic) bond motifs is 1. The lowest BCUT2D eigenvalue weighted by Crippen LogP contribution is -2.15. The zero-order valence-corrected chi connectivity index (χ0v) is 14.5. The lowest BCUT2D eigenvalue weighted by atomic mass is 10.2. The predicted molar refractivity (Wildman–Crippen MR) is 95.3 cm³/mol. The number of non-ortho nitro benzene ring substituents is 1. The summed E-state index contributed by atoms with van der Waals surface area (Å²) in [6, 6.07) is 10.3. The Morgan fingerprint density at radius 3 is 2.88 bits per heavy atom. The van der Waals surface area contributed by atoms with Crippen LogP contribution in [0.25, 0.3) is 11.0 Å². The molecule has 1 amide bonds. The molecule has 0 bridgehead atoms. The molecule has 134 valence electrons. The number of thioether (sulfide) groups is 1. The zero-order chi connectivity index (χ0) is 18.5. The molecule has 26 heavy (non-hydrogen) atoms. The third-order valence-electron chi connectivity index (χ3n) is 3.39. The average molecular weight is 374 g/mol. The molecule has 0 spiro atoms. The third-order valence-corrected chi connectivity index (χ3v) is 4.40. The average Bonchev–Trinajstić information content (AvgIpc) is 3.08. The van der Waals surface area contributed by atoms with Crippen molar-refractivity contribution < 1.29 is 19.1 Å². The molecule has 0 saturated heterocycles. The van der Waals surface area contributed by atoms with Gasteiger partial charge in [-0.05, 0) is 41.0 Å². The molecule has 0 aliphatic heterocycles. The van der Waals surface area contributed by atoms with Crippen LogP contribution in [0, 0.1) is 17.0 Å². The van der Waals surface area contributed by atoms with Crippen molar-refractivity contribution >= 4 is 40.3 Å². The Morgan fingerprint density at radius 1 is 1.31 bits per heavy atom. The minimum Gasteiger partial charge on any atom is -0.448 e. The Labute approximate surface area is 151 Å².